The van der Waals surface area contributed by atoms with E-state index in [1.54, 1.807) is 78.9 Å². The molecule has 4 aromatic rings. The number of rotatable bonds is 13. The van der Waals surface area contributed by atoms with Gasteiger partial charge >= 0.3 is 5.97 Å². The Balaban J connectivity index is 1.50. The van der Waals surface area contributed by atoms with Crippen molar-refractivity contribution in [1.29, 1.82) is 0 Å². The molecular weight excluding hydrogens is 568 g/mol. The number of anilines is 2. The highest BCUT2D eigenvalue weighted by Gasteiger charge is 2.17. The molecule has 9 nitrogen and oxygen atoms in total. The Morgan fingerprint density at radius 1 is 0.837 bits per heavy atom. The molecular formula is C33H32N2O7S. The Morgan fingerprint density at radius 3 is 2.19 bits per heavy atom. The fourth-order valence-electron chi connectivity index (χ4n) is 3.85. The largest absolute Gasteiger partial charge is 0.494 e. The summed E-state index contributed by atoms with van der Waals surface area (Å²) in [7, 11) is -2.71. The SMILES string of the molecule is CCCCOc1ccc(S(=O)(=O)Nc2ccc(Oc3ccc(NC(=O)c4ccccc4)cc3)cc2C=CC(=O)OC)cc1. The third kappa shape index (κ3) is 8.95. The van der Waals surface area contributed by atoms with Crippen molar-refractivity contribution in [3.05, 3.63) is 114 Å². The van der Waals surface area contributed by atoms with Gasteiger partial charge in [0, 0.05) is 22.9 Å². The number of ether oxygens (including phenoxy) is 3. The number of esters is 1. The second kappa shape index (κ2) is 14.7. The summed E-state index contributed by atoms with van der Waals surface area (Å²) in [5.74, 6) is 0.622. The fourth-order valence-corrected chi connectivity index (χ4v) is 4.94. The molecule has 1 amide bonds. The van der Waals surface area contributed by atoms with E-state index >= 15 is 0 Å². The van der Waals surface area contributed by atoms with E-state index < -0.39 is 16.0 Å². The quantitative estimate of drug-likeness (QED) is 0.0973. The average Bonchev–Trinajstić information content (AvgIpc) is 3.02. The molecule has 0 spiro atoms. The Morgan fingerprint density at radius 2 is 1.51 bits per heavy atom. The molecule has 4 rings (SSSR count). The minimum atomic E-state index is -3.96. The monoisotopic (exact) mass is 600 g/mol. The molecule has 0 heterocycles. The van der Waals surface area contributed by atoms with Crippen LogP contribution in [0.2, 0.25) is 0 Å². The number of methoxy groups -OCH3 is 1. The summed E-state index contributed by atoms with van der Waals surface area (Å²) in [6, 6.07) is 26.6. The zero-order valence-electron chi connectivity index (χ0n) is 23.8. The number of unbranched alkanes of at least 4 members (excludes halogenated alkanes) is 1. The summed E-state index contributed by atoms with van der Waals surface area (Å²) in [5, 5.41) is 2.83. The molecule has 4 aromatic carbocycles. The van der Waals surface area contributed by atoms with Crippen LogP contribution in [-0.2, 0) is 19.6 Å². The van der Waals surface area contributed by atoms with E-state index in [4.69, 9.17) is 9.47 Å². The zero-order chi connectivity index (χ0) is 30.7. The van der Waals surface area contributed by atoms with Gasteiger partial charge in [0.15, 0.2) is 0 Å². The Kier molecular flexibility index (Phi) is 10.5. The number of carbonyl (C=O) groups excluding carboxylic acids is 2. The minimum Gasteiger partial charge on any atom is -0.494 e. The van der Waals surface area contributed by atoms with Crippen LogP contribution in [0.15, 0.2) is 108 Å². The van der Waals surface area contributed by atoms with Crippen LogP contribution < -0.4 is 19.5 Å². The lowest BCUT2D eigenvalue weighted by Gasteiger charge is -2.14. The molecule has 0 aliphatic carbocycles. The van der Waals surface area contributed by atoms with E-state index in [1.165, 1.54) is 31.4 Å². The number of benzene rings is 4. The number of carbonyl (C=O) groups is 2. The summed E-state index contributed by atoms with van der Waals surface area (Å²) in [6.45, 7) is 2.62. The molecule has 2 N–H and O–H groups in total. The molecule has 0 bridgehead atoms. The lowest BCUT2D eigenvalue weighted by Crippen LogP contribution is -2.14. The summed E-state index contributed by atoms with van der Waals surface area (Å²) < 4.78 is 45.2. The van der Waals surface area contributed by atoms with E-state index in [0.29, 0.717) is 40.7 Å². The third-order valence-electron chi connectivity index (χ3n) is 6.15. The van der Waals surface area contributed by atoms with Crippen molar-refractivity contribution < 1.29 is 32.2 Å². The Hall–Kier alpha value is -5.09. The second-order valence-corrected chi connectivity index (χ2v) is 11.0. The van der Waals surface area contributed by atoms with Crippen molar-refractivity contribution >= 4 is 39.4 Å². The summed E-state index contributed by atoms with van der Waals surface area (Å²) >= 11 is 0. The number of nitrogens with one attached hydrogen (secondary N) is 2. The number of hydrogen-bond donors (Lipinski definition) is 2. The van der Waals surface area contributed by atoms with Crippen molar-refractivity contribution in [2.24, 2.45) is 0 Å². The van der Waals surface area contributed by atoms with E-state index in [0.717, 1.165) is 12.8 Å². The molecule has 0 aliphatic rings. The summed E-state index contributed by atoms with van der Waals surface area (Å²) in [4.78, 5) is 24.2. The molecule has 0 saturated heterocycles. The van der Waals surface area contributed by atoms with E-state index in [-0.39, 0.29) is 16.5 Å². The molecule has 222 valence electrons. The van der Waals surface area contributed by atoms with Crippen LogP contribution in [-0.4, -0.2) is 34.0 Å². The fraction of sp³-hybridized carbons (Fsp3) is 0.152. The maximum atomic E-state index is 13.2. The highest BCUT2D eigenvalue weighted by molar-refractivity contribution is 7.92. The van der Waals surface area contributed by atoms with Gasteiger partial charge in [0.05, 0.1) is 24.3 Å². The number of amides is 1. The van der Waals surface area contributed by atoms with Gasteiger partial charge in [0.2, 0.25) is 0 Å². The standard InChI is InChI=1S/C33H32N2O7S/c1-3-4-22-41-27-15-18-30(19-16-27)43(38,39)35-31-20-17-29(23-25(31)10-21-32(36)40-2)42-28-13-11-26(12-14-28)34-33(37)24-8-6-5-7-9-24/h5-21,23,35H,3-4,22H2,1-2H3,(H,34,37). The van der Waals surface area contributed by atoms with E-state index in [9.17, 15) is 18.0 Å². The van der Waals surface area contributed by atoms with E-state index in [2.05, 4.69) is 21.7 Å². The lowest BCUT2D eigenvalue weighted by atomic mass is 10.1. The molecule has 43 heavy (non-hydrogen) atoms. The van der Waals surface area contributed by atoms with Crippen LogP contribution in [0.5, 0.6) is 17.2 Å². The van der Waals surface area contributed by atoms with Crippen molar-refractivity contribution in [2.75, 3.05) is 23.8 Å². The van der Waals surface area contributed by atoms with Crippen LogP contribution >= 0.6 is 0 Å². The molecule has 0 radical (unpaired) electrons. The highest BCUT2D eigenvalue weighted by Crippen LogP contribution is 2.30. The van der Waals surface area contributed by atoms with Crippen LogP contribution in [0.4, 0.5) is 11.4 Å². The van der Waals surface area contributed by atoms with Gasteiger partial charge in [-0.05, 0) is 91.4 Å². The summed E-state index contributed by atoms with van der Waals surface area (Å²) in [6.07, 6.45) is 4.52. The van der Waals surface area contributed by atoms with Crippen molar-refractivity contribution in [3.63, 3.8) is 0 Å². The zero-order valence-corrected chi connectivity index (χ0v) is 24.6. The normalized spacial score (nSPS) is 11.1. The minimum absolute atomic E-state index is 0.0537. The molecule has 0 fully saturated rings. The maximum Gasteiger partial charge on any atom is 0.330 e. The first-order valence-corrected chi connectivity index (χ1v) is 15.1. The van der Waals surface area contributed by atoms with Gasteiger partial charge in [0.1, 0.15) is 17.2 Å². The van der Waals surface area contributed by atoms with Crippen LogP contribution in [0.1, 0.15) is 35.7 Å². The van der Waals surface area contributed by atoms with Gasteiger partial charge in [-0.25, -0.2) is 13.2 Å². The molecule has 10 heteroatoms. The van der Waals surface area contributed by atoms with Crippen LogP contribution in [0.3, 0.4) is 0 Å². The first kappa shape index (κ1) is 30.9. The third-order valence-corrected chi connectivity index (χ3v) is 7.53. The first-order valence-electron chi connectivity index (χ1n) is 13.6. The predicted octanol–water partition coefficient (Wildman–Crippen LogP) is 6.90. The van der Waals surface area contributed by atoms with Crippen LogP contribution in [0, 0.1) is 0 Å². The number of hydrogen-bond acceptors (Lipinski definition) is 7. The van der Waals surface area contributed by atoms with Gasteiger partial charge in [-0.3, -0.25) is 9.52 Å². The van der Waals surface area contributed by atoms with Crippen LogP contribution in [0.25, 0.3) is 6.08 Å². The molecule has 0 aliphatic heterocycles. The second-order valence-electron chi connectivity index (χ2n) is 9.33. The van der Waals surface area contributed by atoms with Gasteiger partial charge in [-0.15, -0.1) is 0 Å². The Bertz CT molecular complexity index is 1670. The number of sulfonamides is 1. The van der Waals surface area contributed by atoms with Gasteiger partial charge in [-0.2, -0.15) is 0 Å². The molecule has 0 saturated carbocycles. The van der Waals surface area contributed by atoms with Crippen molar-refractivity contribution in [1.82, 2.24) is 0 Å². The molecule has 0 unspecified atom stereocenters. The summed E-state index contributed by atoms with van der Waals surface area (Å²) in [5.41, 5.74) is 1.74. The average molecular weight is 601 g/mol. The Labute approximate surface area is 251 Å². The van der Waals surface area contributed by atoms with Crippen molar-refractivity contribution in [2.45, 2.75) is 24.7 Å². The smallest absolute Gasteiger partial charge is 0.330 e. The topological polar surface area (TPSA) is 120 Å². The molecule has 0 aromatic heterocycles. The maximum absolute atomic E-state index is 13.2. The van der Waals surface area contributed by atoms with E-state index in [1.807, 2.05) is 6.07 Å². The lowest BCUT2D eigenvalue weighted by molar-refractivity contribution is -0.134. The first-order chi connectivity index (χ1) is 20.8. The van der Waals surface area contributed by atoms with Crippen molar-refractivity contribution in [3.8, 4) is 17.2 Å². The van der Waals surface area contributed by atoms with Gasteiger partial charge in [-0.1, -0.05) is 31.5 Å². The molecule has 0 atom stereocenters. The van der Waals surface area contributed by atoms with Gasteiger partial charge in [0.25, 0.3) is 15.9 Å². The highest BCUT2D eigenvalue weighted by atomic mass is 32.2. The predicted molar refractivity (Wildman–Crippen MR) is 166 cm³/mol. The van der Waals surface area contributed by atoms with Gasteiger partial charge < -0.3 is 19.5 Å².